The summed E-state index contributed by atoms with van der Waals surface area (Å²) in [6, 6.07) is 0.514. The van der Waals surface area contributed by atoms with Gasteiger partial charge in [0.05, 0.1) is 5.71 Å². The zero-order chi connectivity index (χ0) is 13.0. The average molecular weight is 265 g/mol. The van der Waals surface area contributed by atoms with Crippen molar-refractivity contribution in [3.8, 4) is 0 Å². The Kier molecular flexibility index (Phi) is 4.75. The molecule has 2 aliphatic carbocycles. The maximum absolute atomic E-state index is 5.30. The molecule has 2 aliphatic rings. The van der Waals surface area contributed by atoms with Crippen LogP contribution >= 0.6 is 12.2 Å². The fraction of sp³-hybridized carbons (Fsp3) is 0.714. The Bertz CT molecular complexity index is 373. The lowest BCUT2D eigenvalue weighted by molar-refractivity contribution is 0.308. The van der Waals surface area contributed by atoms with Gasteiger partial charge in [-0.3, -0.25) is 5.43 Å². The van der Waals surface area contributed by atoms with E-state index in [2.05, 4.69) is 35.8 Å². The zero-order valence-electron chi connectivity index (χ0n) is 11.3. The van der Waals surface area contributed by atoms with Crippen LogP contribution in [0.1, 0.15) is 52.4 Å². The van der Waals surface area contributed by atoms with Crippen LogP contribution in [0.3, 0.4) is 0 Å². The van der Waals surface area contributed by atoms with E-state index in [4.69, 9.17) is 12.2 Å². The van der Waals surface area contributed by atoms with Crippen molar-refractivity contribution in [2.45, 2.75) is 58.4 Å². The lowest BCUT2D eigenvalue weighted by Crippen LogP contribution is -2.44. The first-order chi connectivity index (χ1) is 8.65. The van der Waals surface area contributed by atoms with Crippen molar-refractivity contribution in [3.05, 3.63) is 11.6 Å². The summed E-state index contributed by atoms with van der Waals surface area (Å²) in [5, 5.41) is 8.41. The molecular weight excluding hydrogens is 242 g/mol. The largest absolute Gasteiger partial charge is 0.358 e. The molecular formula is C14H23N3S. The van der Waals surface area contributed by atoms with E-state index >= 15 is 0 Å². The van der Waals surface area contributed by atoms with Gasteiger partial charge in [-0.2, -0.15) is 5.10 Å². The van der Waals surface area contributed by atoms with Crippen molar-refractivity contribution in [1.29, 1.82) is 0 Å². The first-order valence-corrected chi connectivity index (χ1v) is 7.36. The summed E-state index contributed by atoms with van der Waals surface area (Å²) < 4.78 is 0. The van der Waals surface area contributed by atoms with Crippen molar-refractivity contribution >= 4 is 23.0 Å². The molecule has 0 spiro atoms. The second-order valence-corrected chi connectivity index (χ2v) is 5.96. The predicted octanol–water partition coefficient (Wildman–Crippen LogP) is 3.13. The van der Waals surface area contributed by atoms with Crippen molar-refractivity contribution in [2.24, 2.45) is 11.0 Å². The highest BCUT2D eigenvalue weighted by atomic mass is 32.1. The van der Waals surface area contributed by atoms with Crippen LogP contribution < -0.4 is 10.7 Å². The Morgan fingerprint density at radius 2 is 2.11 bits per heavy atom. The molecule has 0 aromatic carbocycles. The average Bonchev–Trinajstić information content (AvgIpc) is 2.76. The SMILES string of the molecule is CC1=C/C(=N\NC(=S)N[C@H]2CCCC[C@@H]2C)CC1. The molecule has 0 saturated heterocycles. The summed E-state index contributed by atoms with van der Waals surface area (Å²) in [5.74, 6) is 0.708. The zero-order valence-corrected chi connectivity index (χ0v) is 12.1. The van der Waals surface area contributed by atoms with E-state index in [1.807, 2.05) is 0 Å². The molecule has 0 aromatic heterocycles. The number of hydrazone groups is 1. The van der Waals surface area contributed by atoms with Crippen LogP contribution in [-0.4, -0.2) is 16.9 Å². The standard InChI is InChI=1S/C14H23N3S/c1-10-7-8-12(9-10)16-17-14(18)15-13-6-4-3-5-11(13)2/h9,11,13H,3-8H2,1-2H3,(H2,15,17,18)/b16-12-/t11-,13-/m0/s1. The first-order valence-electron chi connectivity index (χ1n) is 6.95. The number of allylic oxidation sites excluding steroid dienone is 2. The summed E-state index contributed by atoms with van der Waals surface area (Å²) in [6.45, 7) is 4.44. The van der Waals surface area contributed by atoms with Crippen molar-refractivity contribution in [2.75, 3.05) is 0 Å². The smallest absolute Gasteiger partial charge is 0.187 e. The minimum Gasteiger partial charge on any atom is -0.358 e. The maximum Gasteiger partial charge on any atom is 0.187 e. The summed E-state index contributed by atoms with van der Waals surface area (Å²) >= 11 is 5.30. The Labute approximate surface area is 115 Å². The van der Waals surface area contributed by atoms with Crippen molar-refractivity contribution < 1.29 is 0 Å². The molecule has 100 valence electrons. The number of rotatable bonds is 2. The molecule has 0 heterocycles. The van der Waals surface area contributed by atoms with E-state index in [9.17, 15) is 0 Å². The predicted molar refractivity (Wildman–Crippen MR) is 80.7 cm³/mol. The first kappa shape index (κ1) is 13.5. The summed E-state index contributed by atoms with van der Waals surface area (Å²) in [7, 11) is 0. The third-order valence-electron chi connectivity index (χ3n) is 3.92. The number of nitrogens with one attached hydrogen (secondary N) is 2. The molecule has 2 rings (SSSR count). The molecule has 0 unspecified atom stereocenters. The van der Waals surface area contributed by atoms with Crippen LogP contribution in [0.4, 0.5) is 0 Å². The maximum atomic E-state index is 5.30. The minimum atomic E-state index is 0.514. The molecule has 0 aromatic rings. The van der Waals surface area contributed by atoms with E-state index in [1.165, 1.54) is 31.3 Å². The van der Waals surface area contributed by atoms with Gasteiger partial charge in [0.15, 0.2) is 5.11 Å². The van der Waals surface area contributed by atoms with E-state index in [0.717, 1.165) is 18.6 Å². The summed E-state index contributed by atoms with van der Waals surface area (Å²) in [5.41, 5.74) is 5.48. The van der Waals surface area contributed by atoms with Gasteiger partial charge in [-0.15, -0.1) is 0 Å². The molecule has 0 bridgehead atoms. The second kappa shape index (κ2) is 6.32. The van der Waals surface area contributed by atoms with Gasteiger partial charge in [0.25, 0.3) is 0 Å². The van der Waals surface area contributed by atoms with Gasteiger partial charge < -0.3 is 5.32 Å². The molecule has 18 heavy (non-hydrogen) atoms. The van der Waals surface area contributed by atoms with Crippen LogP contribution in [0.2, 0.25) is 0 Å². The van der Waals surface area contributed by atoms with E-state index in [0.29, 0.717) is 17.1 Å². The molecule has 0 aliphatic heterocycles. The quantitative estimate of drug-likeness (QED) is 0.595. The van der Waals surface area contributed by atoms with E-state index < -0.39 is 0 Å². The highest BCUT2D eigenvalue weighted by Crippen LogP contribution is 2.23. The topological polar surface area (TPSA) is 36.4 Å². The Morgan fingerprint density at radius 1 is 1.33 bits per heavy atom. The molecule has 2 atom stereocenters. The number of hydrogen-bond donors (Lipinski definition) is 2. The monoisotopic (exact) mass is 265 g/mol. The molecule has 2 N–H and O–H groups in total. The molecule has 4 heteroatoms. The molecule has 0 radical (unpaired) electrons. The van der Waals surface area contributed by atoms with Crippen LogP contribution in [0.25, 0.3) is 0 Å². The highest BCUT2D eigenvalue weighted by Gasteiger charge is 2.21. The van der Waals surface area contributed by atoms with Crippen LogP contribution in [0.15, 0.2) is 16.8 Å². The van der Waals surface area contributed by atoms with Gasteiger partial charge in [0.1, 0.15) is 0 Å². The number of thiocarbonyl (C=S) groups is 1. The van der Waals surface area contributed by atoms with E-state index in [-0.39, 0.29) is 0 Å². The van der Waals surface area contributed by atoms with Gasteiger partial charge in [-0.05, 0) is 56.8 Å². The summed E-state index contributed by atoms with van der Waals surface area (Å²) in [4.78, 5) is 0. The molecule has 3 nitrogen and oxygen atoms in total. The van der Waals surface area contributed by atoms with Gasteiger partial charge in [0.2, 0.25) is 0 Å². The van der Waals surface area contributed by atoms with E-state index in [1.54, 1.807) is 0 Å². The molecule has 1 saturated carbocycles. The number of hydrogen-bond acceptors (Lipinski definition) is 2. The molecule has 1 fully saturated rings. The Balaban J connectivity index is 1.78. The lowest BCUT2D eigenvalue weighted by atomic mass is 9.86. The Hall–Kier alpha value is -0.900. The molecule has 0 amide bonds. The highest BCUT2D eigenvalue weighted by molar-refractivity contribution is 7.80. The summed E-state index contributed by atoms with van der Waals surface area (Å²) in [6.07, 6.45) is 9.47. The fourth-order valence-electron chi connectivity index (χ4n) is 2.70. The normalized spacial score (nSPS) is 30.1. The lowest BCUT2D eigenvalue weighted by Gasteiger charge is -2.30. The van der Waals surface area contributed by atoms with Gasteiger partial charge >= 0.3 is 0 Å². The van der Waals surface area contributed by atoms with Crippen LogP contribution in [0.5, 0.6) is 0 Å². The van der Waals surface area contributed by atoms with Crippen molar-refractivity contribution in [3.63, 3.8) is 0 Å². The van der Waals surface area contributed by atoms with Crippen molar-refractivity contribution in [1.82, 2.24) is 10.7 Å². The number of nitrogens with zero attached hydrogens (tertiary/aromatic N) is 1. The van der Waals surface area contributed by atoms with Crippen LogP contribution in [-0.2, 0) is 0 Å². The van der Waals surface area contributed by atoms with Gasteiger partial charge in [0, 0.05) is 6.04 Å². The second-order valence-electron chi connectivity index (χ2n) is 5.55. The third kappa shape index (κ3) is 3.80. The van der Waals surface area contributed by atoms with Crippen LogP contribution in [0, 0.1) is 5.92 Å². The van der Waals surface area contributed by atoms with Gasteiger partial charge in [-0.25, -0.2) is 0 Å². The minimum absolute atomic E-state index is 0.514. The fourth-order valence-corrected chi connectivity index (χ4v) is 2.89. The Morgan fingerprint density at radius 3 is 2.78 bits per heavy atom. The third-order valence-corrected chi connectivity index (χ3v) is 4.13. The van der Waals surface area contributed by atoms with Gasteiger partial charge in [-0.1, -0.05) is 25.3 Å².